The lowest BCUT2D eigenvalue weighted by atomic mass is 10.4. The number of hydrogen-bond donors (Lipinski definition) is 4. The molecule has 0 fully saturated rings. The smallest absolute Gasteiger partial charge is 0.254 e. The summed E-state index contributed by atoms with van der Waals surface area (Å²) >= 11 is 9.30. The number of aromatic nitrogens is 4. The molecule has 2 heterocycles. The van der Waals surface area contributed by atoms with Gasteiger partial charge in [-0.25, -0.2) is 4.98 Å². The maximum Gasteiger partial charge on any atom is 0.254 e. The Balaban J connectivity index is 0.000000171. The molecule has 0 aromatic carbocycles. The van der Waals surface area contributed by atoms with Gasteiger partial charge in [0.1, 0.15) is 5.82 Å². The maximum atomic E-state index is 10.7. The number of hydrogen-bond acceptors (Lipinski definition) is 5. The fourth-order valence-electron chi connectivity index (χ4n) is 0.862. The molecule has 90 valence electrons. The van der Waals surface area contributed by atoms with Crippen molar-refractivity contribution < 1.29 is 0 Å². The highest BCUT2D eigenvalue weighted by atomic mass is 32.1. The molecule has 0 amide bonds. The van der Waals surface area contributed by atoms with E-state index < -0.39 is 0 Å². The SMILES string of the molecule is Cc1c[nH]c(=S)[nH]c1=O.Nc1cc[nH]c(=S)n1. The van der Waals surface area contributed by atoms with Gasteiger partial charge in [-0.15, -0.1) is 0 Å². The van der Waals surface area contributed by atoms with Gasteiger partial charge in [0.25, 0.3) is 5.56 Å². The van der Waals surface area contributed by atoms with E-state index in [1.54, 1.807) is 25.4 Å². The second-order valence-electron chi connectivity index (χ2n) is 3.07. The third-order valence-electron chi connectivity index (χ3n) is 1.70. The van der Waals surface area contributed by atoms with Gasteiger partial charge in [-0.05, 0) is 37.4 Å². The van der Waals surface area contributed by atoms with E-state index in [9.17, 15) is 4.79 Å². The van der Waals surface area contributed by atoms with Crippen molar-refractivity contribution >= 4 is 30.3 Å². The van der Waals surface area contributed by atoms with Crippen molar-refractivity contribution in [2.75, 3.05) is 5.73 Å². The quantitative estimate of drug-likeness (QED) is 0.542. The van der Waals surface area contributed by atoms with Crippen LogP contribution in [0.3, 0.4) is 0 Å². The van der Waals surface area contributed by atoms with Gasteiger partial charge in [0.15, 0.2) is 9.54 Å². The van der Waals surface area contributed by atoms with E-state index >= 15 is 0 Å². The molecule has 8 heteroatoms. The van der Waals surface area contributed by atoms with E-state index in [1.807, 2.05) is 0 Å². The number of nitrogens with two attached hydrogens (primary N) is 1. The van der Waals surface area contributed by atoms with Crippen LogP contribution >= 0.6 is 24.4 Å². The van der Waals surface area contributed by atoms with Crippen LogP contribution in [0.1, 0.15) is 5.56 Å². The standard InChI is InChI=1S/C5H6N2OS.C4H5N3S/c1-3-2-6-5(9)7-4(3)8;5-3-1-2-6-4(8)7-3/h2H,1H3,(H2,6,7,8,9);1-2H,(H3,5,6,7,8). The first-order valence-electron chi connectivity index (χ1n) is 4.59. The predicted octanol–water partition coefficient (Wildman–Crippen LogP) is 1.46. The van der Waals surface area contributed by atoms with E-state index in [0.29, 0.717) is 20.9 Å². The lowest BCUT2D eigenvalue weighted by Gasteiger charge is -1.86. The summed E-state index contributed by atoms with van der Waals surface area (Å²) in [5.74, 6) is 0.453. The van der Waals surface area contributed by atoms with Crippen LogP contribution in [0.4, 0.5) is 5.82 Å². The number of nitrogen functional groups attached to an aromatic ring is 1. The van der Waals surface area contributed by atoms with Gasteiger partial charge in [-0.1, -0.05) is 0 Å². The van der Waals surface area contributed by atoms with E-state index in [2.05, 4.69) is 44.4 Å². The van der Waals surface area contributed by atoms with E-state index in [1.165, 1.54) is 0 Å². The van der Waals surface area contributed by atoms with Crippen LogP contribution in [0.5, 0.6) is 0 Å². The Morgan fingerprint density at radius 1 is 1.35 bits per heavy atom. The Bertz CT molecular complexity index is 657. The number of anilines is 1. The van der Waals surface area contributed by atoms with Crippen LogP contribution in [-0.2, 0) is 0 Å². The van der Waals surface area contributed by atoms with Crippen molar-refractivity contribution in [2.24, 2.45) is 0 Å². The summed E-state index contributed by atoms with van der Waals surface area (Å²) in [6.45, 7) is 1.71. The fraction of sp³-hybridized carbons (Fsp3) is 0.111. The van der Waals surface area contributed by atoms with Gasteiger partial charge in [0, 0.05) is 18.0 Å². The van der Waals surface area contributed by atoms with Crippen LogP contribution in [-0.4, -0.2) is 19.9 Å². The first-order valence-corrected chi connectivity index (χ1v) is 5.40. The first kappa shape index (κ1) is 13.3. The molecule has 0 aliphatic rings. The molecule has 0 spiro atoms. The molecule has 0 unspecified atom stereocenters. The summed E-state index contributed by atoms with van der Waals surface area (Å²) in [5, 5.41) is 0. The topological polar surface area (TPSA) is 103 Å². The molecule has 17 heavy (non-hydrogen) atoms. The average molecular weight is 269 g/mol. The number of nitrogens with one attached hydrogen (secondary N) is 3. The summed E-state index contributed by atoms with van der Waals surface area (Å²) in [6, 6.07) is 1.65. The Kier molecular flexibility index (Phi) is 4.73. The minimum atomic E-state index is -0.126. The largest absolute Gasteiger partial charge is 0.384 e. The van der Waals surface area contributed by atoms with Crippen LogP contribution in [0.25, 0.3) is 0 Å². The van der Waals surface area contributed by atoms with E-state index in [-0.39, 0.29) is 5.56 Å². The highest BCUT2D eigenvalue weighted by molar-refractivity contribution is 7.71. The van der Waals surface area contributed by atoms with Crippen molar-refractivity contribution in [2.45, 2.75) is 6.92 Å². The Morgan fingerprint density at radius 3 is 2.47 bits per heavy atom. The van der Waals surface area contributed by atoms with Crippen LogP contribution < -0.4 is 11.3 Å². The van der Waals surface area contributed by atoms with E-state index in [4.69, 9.17) is 5.73 Å². The summed E-state index contributed by atoms with van der Waals surface area (Å²) in [4.78, 5) is 22.2. The van der Waals surface area contributed by atoms with Gasteiger partial charge in [-0.2, -0.15) is 0 Å². The molecule has 0 saturated heterocycles. The molecule has 2 aromatic rings. The Morgan fingerprint density at radius 2 is 2.06 bits per heavy atom. The molecule has 6 nitrogen and oxygen atoms in total. The van der Waals surface area contributed by atoms with Crippen LogP contribution in [0, 0.1) is 16.5 Å². The number of rotatable bonds is 0. The number of nitrogens with zero attached hydrogens (tertiary/aromatic N) is 1. The van der Waals surface area contributed by atoms with Gasteiger partial charge in [-0.3, -0.25) is 9.78 Å². The Hall–Kier alpha value is -1.80. The minimum absolute atomic E-state index is 0.126. The van der Waals surface area contributed by atoms with Crippen LogP contribution in [0.2, 0.25) is 0 Å². The summed E-state index contributed by atoms with van der Waals surface area (Å²) in [5.41, 5.74) is 5.78. The minimum Gasteiger partial charge on any atom is -0.384 e. The predicted molar refractivity (Wildman–Crippen MR) is 70.8 cm³/mol. The Labute approximate surface area is 107 Å². The fourth-order valence-corrected chi connectivity index (χ4v) is 1.19. The molecular weight excluding hydrogens is 258 g/mol. The van der Waals surface area contributed by atoms with Crippen molar-refractivity contribution in [3.63, 3.8) is 0 Å². The average Bonchev–Trinajstić information content (AvgIpc) is 2.24. The monoisotopic (exact) mass is 269 g/mol. The van der Waals surface area contributed by atoms with Crippen molar-refractivity contribution in [1.29, 1.82) is 0 Å². The highest BCUT2D eigenvalue weighted by Crippen LogP contribution is 1.89. The lowest BCUT2D eigenvalue weighted by molar-refractivity contribution is 1.05. The summed E-state index contributed by atoms with van der Waals surface area (Å²) in [7, 11) is 0. The van der Waals surface area contributed by atoms with Crippen LogP contribution in [0.15, 0.2) is 23.3 Å². The molecule has 5 N–H and O–H groups in total. The summed E-state index contributed by atoms with van der Waals surface area (Å²) < 4.78 is 0.788. The van der Waals surface area contributed by atoms with Gasteiger partial charge >= 0.3 is 0 Å². The second-order valence-corrected chi connectivity index (χ2v) is 3.87. The first-order chi connectivity index (χ1) is 7.99. The zero-order valence-corrected chi connectivity index (χ0v) is 10.6. The maximum absolute atomic E-state index is 10.7. The van der Waals surface area contributed by atoms with Gasteiger partial charge in [0.2, 0.25) is 0 Å². The molecule has 2 aromatic heterocycles. The number of H-pyrrole nitrogens is 3. The van der Waals surface area contributed by atoms with Crippen molar-refractivity contribution in [3.05, 3.63) is 43.9 Å². The number of aromatic amines is 3. The normalized spacial score (nSPS) is 9.24. The zero-order valence-electron chi connectivity index (χ0n) is 8.98. The van der Waals surface area contributed by atoms with Gasteiger partial charge in [0.05, 0.1) is 0 Å². The molecule has 0 aliphatic heterocycles. The molecule has 0 bridgehead atoms. The second kappa shape index (κ2) is 6.06. The molecule has 2 rings (SSSR count). The van der Waals surface area contributed by atoms with Crippen molar-refractivity contribution in [3.8, 4) is 0 Å². The highest BCUT2D eigenvalue weighted by Gasteiger charge is 1.86. The molecular formula is C9H11N5OS2. The molecule has 0 atom stereocenters. The third kappa shape index (κ3) is 4.70. The lowest BCUT2D eigenvalue weighted by Crippen LogP contribution is -2.09. The van der Waals surface area contributed by atoms with Crippen molar-refractivity contribution in [1.82, 2.24) is 19.9 Å². The zero-order chi connectivity index (χ0) is 12.8. The molecule has 0 aliphatic carbocycles. The number of aryl methyl sites for hydroxylation is 1. The molecule has 0 radical (unpaired) electrons. The third-order valence-corrected chi connectivity index (χ3v) is 2.13. The molecule has 0 saturated carbocycles. The van der Waals surface area contributed by atoms with E-state index in [0.717, 1.165) is 0 Å². The van der Waals surface area contributed by atoms with Gasteiger partial charge < -0.3 is 15.7 Å². The summed E-state index contributed by atoms with van der Waals surface area (Å²) in [6.07, 6.45) is 3.24.